The van der Waals surface area contributed by atoms with Crippen LogP contribution in [0.15, 0.2) is 70.3 Å². The Morgan fingerprint density at radius 3 is 2.82 bits per heavy atom. The van der Waals surface area contributed by atoms with E-state index in [1.165, 1.54) is 7.11 Å². The number of carbonyl (C=O) groups excluding carboxylic acids is 1. The van der Waals surface area contributed by atoms with Crippen molar-refractivity contribution in [3.8, 4) is 11.5 Å². The van der Waals surface area contributed by atoms with Gasteiger partial charge in [-0.2, -0.15) is 0 Å². The van der Waals surface area contributed by atoms with Gasteiger partial charge in [-0.05, 0) is 29.8 Å². The second-order valence-electron chi connectivity index (χ2n) is 6.45. The van der Waals surface area contributed by atoms with Crippen LogP contribution in [0.2, 0.25) is 0 Å². The number of rotatable bonds is 3. The van der Waals surface area contributed by atoms with Gasteiger partial charge in [-0.25, -0.2) is 9.78 Å². The molecule has 1 aliphatic heterocycles. The van der Waals surface area contributed by atoms with Crippen molar-refractivity contribution in [2.75, 3.05) is 7.11 Å². The molecule has 6 heteroatoms. The van der Waals surface area contributed by atoms with E-state index in [-0.39, 0.29) is 0 Å². The molecule has 0 bridgehead atoms. The summed E-state index contributed by atoms with van der Waals surface area (Å²) in [6.07, 6.45) is 4.28. The van der Waals surface area contributed by atoms with Crippen LogP contribution >= 0.6 is 0 Å². The van der Waals surface area contributed by atoms with Crippen molar-refractivity contribution in [3.05, 3.63) is 77.6 Å². The molecule has 0 aliphatic carbocycles. The third kappa shape index (κ3) is 2.58. The number of ether oxygens (including phenoxy) is 1. The van der Waals surface area contributed by atoms with Crippen molar-refractivity contribution < 1.29 is 13.9 Å². The summed E-state index contributed by atoms with van der Waals surface area (Å²) in [7, 11) is 1.35. The van der Waals surface area contributed by atoms with Gasteiger partial charge in [0.1, 0.15) is 5.52 Å². The molecule has 3 heterocycles. The molecule has 4 aromatic rings. The molecule has 0 radical (unpaired) electrons. The number of fused-ring (bicyclic) bond motifs is 2. The molecule has 0 unspecified atom stereocenters. The first-order valence-corrected chi connectivity index (χ1v) is 8.82. The van der Waals surface area contributed by atoms with Crippen LogP contribution < -0.4 is 0 Å². The van der Waals surface area contributed by atoms with Crippen molar-refractivity contribution in [2.45, 2.75) is 6.42 Å². The van der Waals surface area contributed by atoms with E-state index in [1.54, 1.807) is 24.4 Å². The summed E-state index contributed by atoms with van der Waals surface area (Å²) in [5, 5.41) is 0. The van der Waals surface area contributed by atoms with E-state index in [9.17, 15) is 4.79 Å². The number of aliphatic imine (C=N–C) groups is 1. The van der Waals surface area contributed by atoms with Crippen LogP contribution in [0.4, 0.5) is 5.69 Å². The van der Waals surface area contributed by atoms with Crippen LogP contribution in [-0.4, -0.2) is 28.8 Å². The fraction of sp³-hybridized carbons (Fsp3) is 0.0909. The van der Waals surface area contributed by atoms with Gasteiger partial charge in [0.25, 0.3) is 0 Å². The van der Waals surface area contributed by atoms with Gasteiger partial charge in [0, 0.05) is 24.4 Å². The van der Waals surface area contributed by atoms with Crippen LogP contribution in [0.1, 0.15) is 21.5 Å². The van der Waals surface area contributed by atoms with Crippen molar-refractivity contribution in [2.24, 2.45) is 4.99 Å². The number of para-hydroxylation sites is 2. The summed E-state index contributed by atoms with van der Waals surface area (Å²) in [5.41, 5.74) is 6.09. The topological polar surface area (TPSA) is 77.6 Å². The maximum absolute atomic E-state index is 12.0. The Kier molecular flexibility index (Phi) is 3.76. The number of benzene rings is 2. The quantitative estimate of drug-likeness (QED) is 0.502. The van der Waals surface area contributed by atoms with Gasteiger partial charge in [-0.1, -0.05) is 24.3 Å². The lowest BCUT2D eigenvalue weighted by molar-refractivity contribution is 0.0602. The van der Waals surface area contributed by atoms with Gasteiger partial charge >= 0.3 is 5.97 Å². The smallest absolute Gasteiger partial charge is 0.340 e. The molecule has 0 atom stereocenters. The van der Waals surface area contributed by atoms with E-state index in [1.807, 2.05) is 36.5 Å². The Hall–Kier alpha value is -3.80. The molecule has 5 rings (SSSR count). The van der Waals surface area contributed by atoms with E-state index in [4.69, 9.17) is 14.1 Å². The normalized spacial score (nSPS) is 12.7. The molecular weight excluding hydrogens is 354 g/mol. The zero-order chi connectivity index (χ0) is 19.1. The predicted octanol–water partition coefficient (Wildman–Crippen LogP) is 4.35. The molecule has 6 nitrogen and oxygen atoms in total. The Bertz CT molecular complexity index is 1240. The Balaban J connectivity index is 1.64. The van der Waals surface area contributed by atoms with Crippen LogP contribution in [-0.2, 0) is 11.2 Å². The maximum atomic E-state index is 12.0. The zero-order valence-corrected chi connectivity index (χ0v) is 15.0. The lowest BCUT2D eigenvalue weighted by Crippen LogP contribution is -2.01. The molecular formula is C22H15N3O3. The summed E-state index contributed by atoms with van der Waals surface area (Å²) in [6.45, 7) is 0. The molecule has 1 aliphatic rings. The van der Waals surface area contributed by atoms with Crippen LogP contribution in [0.3, 0.4) is 0 Å². The number of hydrogen-bond donors (Lipinski definition) is 0. The van der Waals surface area contributed by atoms with Gasteiger partial charge in [-0.3, -0.25) is 9.98 Å². The molecule has 0 saturated heterocycles. The molecule has 28 heavy (non-hydrogen) atoms. The SMILES string of the molecule is COC(=O)c1cccc2oc(-c3cccc4c3N=C(c3cccnc3)C4)nc12. The highest BCUT2D eigenvalue weighted by atomic mass is 16.5. The number of oxazole rings is 1. The highest BCUT2D eigenvalue weighted by Gasteiger charge is 2.23. The Labute approximate surface area is 160 Å². The molecule has 0 spiro atoms. The average molecular weight is 369 g/mol. The second kappa shape index (κ2) is 6.42. The molecule has 2 aromatic carbocycles. The highest BCUT2D eigenvalue weighted by molar-refractivity contribution is 6.08. The van der Waals surface area contributed by atoms with E-state index in [0.29, 0.717) is 22.6 Å². The summed E-state index contributed by atoms with van der Waals surface area (Å²) in [5.74, 6) is -0.0139. The summed E-state index contributed by atoms with van der Waals surface area (Å²) < 4.78 is 10.8. The van der Waals surface area contributed by atoms with E-state index < -0.39 is 5.97 Å². The standard InChI is InChI=1S/C22H15N3O3/c1-27-22(26)16-8-3-9-18-20(16)25-21(28-18)15-7-2-5-13-11-17(24-19(13)15)14-6-4-10-23-12-14/h2-10,12H,11H2,1H3. The maximum Gasteiger partial charge on any atom is 0.340 e. The minimum absolute atomic E-state index is 0.377. The first-order valence-electron chi connectivity index (χ1n) is 8.82. The van der Waals surface area contributed by atoms with E-state index >= 15 is 0 Å². The van der Waals surface area contributed by atoms with Crippen LogP contribution in [0.5, 0.6) is 0 Å². The first-order chi connectivity index (χ1) is 13.7. The first kappa shape index (κ1) is 16.4. The van der Waals surface area contributed by atoms with E-state index in [0.717, 1.165) is 34.5 Å². The minimum atomic E-state index is -0.444. The average Bonchev–Trinajstić information content (AvgIpc) is 3.37. The largest absolute Gasteiger partial charge is 0.465 e. The number of hydrogen-bond acceptors (Lipinski definition) is 6. The summed E-state index contributed by atoms with van der Waals surface area (Å²) in [6, 6.07) is 15.0. The van der Waals surface area contributed by atoms with Crippen molar-refractivity contribution in [3.63, 3.8) is 0 Å². The molecule has 136 valence electrons. The Morgan fingerprint density at radius 2 is 2.00 bits per heavy atom. The van der Waals surface area contributed by atoms with Gasteiger partial charge < -0.3 is 9.15 Å². The summed E-state index contributed by atoms with van der Waals surface area (Å²) >= 11 is 0. The third-order valence-corrected chi connectivity index (χ3v) is 4.77. The number of pyridine rings is 1. The monoisotopic (exact) mass is 369 g/mol. The lowest BCUT2D eigenvalue weighted by atomic mass is 10.0. The van der Waals surface area contributed by atoms with Crippen LogP contribution in [0, 0.1) is 0 Å². The number of methoxy groups -OCH3 is 1. The Morgan fingerprint density at radius 1 is 1.11 bits per heavy atom. The second-order valence-corrected chi connectivity index (χ2v) is 6.45. The highest BCUT2D eigenvalue weighted by Crippen LogP contribution is 2.39. The van der Waals surface area contributed by atoms with Crippen molar-refractivity contribution in [1.29, 1.82) is 0 Å². The third-order valence-electron chi connectivity index (χ3n) is 4.77. The summed E-state index contributed by atoms with van der Waals surface area (Å²) in [4.78, 5) is 25.6. The number of carbonyl (C=O) groups is 1. The predicted molar refractivity (Wildman–Crippen MR) is 105 cm³/mol. The zero-order valence-electron chi connectivity index (χ0n) is 15.0. The van der Waals surface area contributed by atoms with E-state index in [2.05, 4.69) is 9.97 Å². The van der Waals surface area contributed by atoms with Crippen molar-refractivity contribution >= 4 is 28.5 Å². The number of aromatic nitrogens is 2. The minimum Gasteiger partial charge on any atom is -0.465 e. The number of esters is 1. The molecule has 2 aromatic heterocycles. The van der Waals surface area contributed by atoms with Gasteiger partial charge in [0.05, 0.1) is 29.6 Å². The van der Waals surface area contributed by atoms with Gasteiger partial charge in [0.15, 0.2) is 5.58 Å². The van der Waals surface area contributed by atoms with Crippen molar-refractivity contribution in [1.82, 2.24) is 9.97 Å². The molecule has 0 saturated carbocycles. The lowest BCUT2D eigenvalue weighted by Gasteiger charge is -2.01. The molecule has 0 amide bonds. The van der Waals surface area contributed by atoms with Crippen LogP contribution in [0.25, 0.3) is 22.6 Å². The fourth-order valence-electron chi connectivity index (χ4n) is 3.43. The molecule has 0 fully saturated rings. The van der Waals surface area contributed by atoms with Gasteiger partial charge in [0.2, 0.25) is 5.89 Å². The fourth-order valence-corrected chi connectivity index (χ4v) is 3.43. The van der Waals surface area contributed by atoms with Gasteiger partial charge in [-0.15, -0.1) is 0 Å². The molecule has 0 N–H and O–H groups in total. The number of nitrogens with zero attached hydrogens (tertiary/aromatic N) is 3.